The Morgan fingerprint density at radius 3 is 2.50 bits per heavy atom. The maximum absolute atomic E-state index is 10.8. The zero-order valence-corrected chi connectivity index (χ0v) is 7.75. The summed E-state index contributed by atoms with van der Waals surface area (Å²) in [6.07, 6.45) is 0.989. The summed E-state index contributed by atoms with van der Waals surface area (Å²) in [6.45, 7) is 0. The van der Waals surface area contributed by atoms with Crippen molar-refractivity contribution in [1.29, 1.82) is 0 Å². The molecule has 1 rings (SSSR count). The second-order valence-corrected chi connectivity index (χ2v) is 4.15. The van der Waals surface area contributed by atoms with Gasteiger partial charge in [0.1, 0.15) is 0 Å². The van der Waals surface area contributed by atoms with Gasteiger partial charge in [0.15, 0.2) is 0 Å². The predicted molar refractivity (Wildman–Crippen MR) is 50.3 cm³/mol. The van der Waals surface area contributed by atoms with Crippen LogP contribution in [0.2, 0.25) is 0 Å². The maximum atomic E-state index is 10.8. The molecule has 2 nitrogen and oxygen atoms in total. The van der Waals surface area contributed by atoms with Crippen LogP contribution in [0.3, 0.4) is 0 Å². The number of hydrogen-bond donors (Lipinski definition) is 1. The highest BCUT2D eigenvalue weighted by molar-refractivity contribution is 7.84. The fraction of sp³-hybridized carbons (Fsp3) is 0.333. The SMILES string of the molecule is C[S@](=O)C[C@@H](O)c1ccccc1. The molecule has 0 aliphatic heterocycles. The van der Waals surface area contributed by atoms with E-state index < -0.39 is 16.9 Å². The minimum absolute atomic E-state index is 0.310. The highest BCUT2D eigenvalue weighted by Crippen LogP contribution is 2.12. The minimum Gasteiger partial charge on any atom is -0.387 e. The van der Waals surface area contributed by atoms with E-state index in [0.29, 0.717) is 5.75 Å². The van der Waals surface area contributed by atoms with Crippen molar-refractivity contribution < 1.29 is 9.32 Å². The first-order valence-corrected chi connectivity index (χ1v) is 5.46. The Morgan fingerprint density at radius 1 is 1.42 bits per heavy atom. The van der Waals surface area contributed by atoms with Crippen LogP contribution in [0.15, 0.2) is 30.3 Å². The molecule has 1 N–H and O–H groups in total. The van der Waals surface area contributed by atoms with Crippen molar-refractivity contribution in [2.45, 2.75) is 6.10 Å². The van der Waals surface area contributed by atoms with Crippen LogP contribution in [0.4, 0.5) is 0 Å². The molecule has 0 unspecified atom stereocenters. The van der Waals surface area contributed by atoms with Crippen molar-refractivity contribution in [3.05, 3.63) is 35.9 Å². The van der Waals surface area contributed by atoms with Crippen LogP contribution in [0.25, 0.3) is 0 Å². The quantitative estimate of drug-likeness (QED) is 0.763. The van der Waals surface area contributed by atoms with Gasteiger partial charge < -0.3 is 5.11 Å². The molecule has 66 valence electrons. The van der Waals surface area contributed by atoms with E-state index in [0.717, 1.165) is 5.56 Å². The monoisotopic (exact) mass is 184 g/mol. The van der Waals surface area contributed by atoms with E-state index in [-0.39, 0.29) is 0 Å². The lowest BCUT2D eigenvalue weighted by molar-refractivity contribution is 0.203. The van der Waals surface area contributed by atoms with Gasteiger partial charge in [-0.1, -0.05) is 30.3 Å². The van der Waals surface area contributed by atoms with E-state index in [1.54, 1.807) is 6.26 Å². The molecule has 2 atom stereocenters. The van der Waals surface area contributed by atoms with Crippen LogP contribution in [-0.4, -0.2) is 21.3 Å². The average Bonchev–Trinajstić information content (AvgIpc) is 2.05. The van der Waals surface area contributed by atoms with Crippen LogP contribution in [-0.2, 0) is 10.8 Å². The van der Waals surface area contributed by atoms with Crippen molar-refractivity contribution >= 4 is 10.8 Å². The Kier molecular flexibility index (Phi) is 3.44. The lowest BCUT2D eigenvalue weighted by Crippen LogP contribution is -2.07. The highest BCUT2D eigenvalue weighted by Gasteiger charge is 2.07. The highest BCUT2D eigenvalue weighted by atomic mass is 32.2. The molecule has 12 heavy (non-hydrogen) atoms. The molecule has 0 amide bonds. The fourth-order valence-electron chi connectivity index (χ4n) is 0.994. The Balaban J connectivity index is 2.65. The van der Waals surface area contributed by atoms with Gasteiger partial charge in [-0.3, -0.25) is 4.21 Å². The molecule has 0 bridgehead atoms. The third-order valence-corrected chi connectivity index (χ3v) is 2.36. The smallest absolute Gasteiger partial charge is 0.0905 e. The largest absolute Gasteiger partial charge is 0.387 e. The first-order valence-electron chi connectivity index (χ1n) is 3.73. The number of aliphatic hydroxyl groups is 1. The number of rotatable bonds is 3. The zero-order valence-electron chi connectivity index (χ0n) is 6.93. The van der Waals surface area contributed by atoms with E-state index >= 15 is 0 Å². The molecule has 0 saturated heterocycles. The predicted octanol–water partition coefficient (Wildman–Crippen LogP) is 1.10. The van der Waals surface area contributed by atoms with Crippen LogP contribution in [0.5, 0.6) is 0 Å². The topological polar surface area (TPSA) is 37.3 Å². The normalized spacial score (nSPS) is 15.5. The zero-order chi connectivity index (χ0) is 8.97. The summed E-state index contributed by atoms with van der Waals surface area (Å²) in [6, 6.07) is 9.27. The molecule has 3 heteroatoms. The van der Waals surface area contributed by atoms with Gasteiger partial charge in [0.25, 0.3) is 0 Å². The first-order chi connectivity index (χ1) is 5.70. The van der Waals surface area contributed by atoms with Gasteiger partial charge in [-0.2, -0.15) is 0 Å². The summed E-state index contributed by atoms with van der Waals surface area (Å²) in [4.78, 5) is 0. The second-order valence-electron chi connectivity index (χ2n) is 2.67. The van der Waals surface area contributed by atoms with E-state index in [4.69, 9.17) is 0 Å². The van der Waals surface area contributed by atoms with Crippen molar-refractivity contribution in [1.82, 2.24) is 0 Å². The molecular weight excluding hydrogens is 172 g/mol. The molecule has 0 heterocycles. The van der Waals surface area contributed by atoms with Gasteiger partial charge in [-0.05, 0) is 5.56 Å². The van der Waals surface area contributed by atoms with Gasteiger partial charge in [0.2, 0.25) is 0 Å². The van der Waals surface area contributed by atoms with Crippen LogP contribution in [0.1, 0.15) is 11.7 Å². The molecule has 0 fully saturated rings. The Bertz CT molecular complexity index is 258. The molecule has 0 aromatic heterocycles. The summed E-state index contributed by atoms with van der Waals surface area (Å²) in [5, 5.41) is 9.50. The Hall–Kier alpha value is -0.670. The average molecular weight is 184 g/mol. The summed E-state index contributed by atoms with van der Waals surface area (Å²) in [7, 11) is -0.946. The van der Waals surface area contributed by atoms with Gasteiger partial charge in [0.05, 0.1) is 11.9 Å². The summed E-state index contributed by atoms with van der Waals surface area (Å²) >= 11 is 0. The standard InChI is InChI=1S/C9H12O2S/c1-12(11)7-9(10)8-5-3-2-4-6-8/h2-6,9-10H,7H2,1H3/t9-,12+/m1/s1. The van der Waals surface area contributed by atoms with Crippen molar-refractivity contribution in [3.8, 4) is 0 Å². The van der Waals surface area contributed by atoms with E-state index in [1.807, 2.05) is 30.3 Å². The Morgan fingerprint density at radius 2 is 2.00 bits per heavy atom. The third-order valence-electron chi connectivity index (χ3n) is 1.58. The van der Waals surface area contributed by atoms with Crippen LogP contribution >= 0.6 is 0 Å². The van der Waals surface area contributed by atoms with Crippen molar-refractivity contribution in [3.63, 3.8) is 0 Å². The summed E-state index contributed by atoms with van der Waals surface area (Å²) < 4.78 is 10.8. The van der Waals surface area contributed by atoms with Gasteiger partial charge in [0, 0.05) is 17.1 Å². The van der Waals surface area contributed by atoms with Crippen molar-refractivity contribution in [2.24, 2.45) is 0 Å². The molecule has 1 aromatic carbocycles. The molecule has 0 spiro atoms. The molecular formula is C9H12O2S. The first kappa shape index (κ1) is 9.42. The van der Waals surface area contributed by atoms with Crippen molar-refractivity contribution in [2.75, 3.05) is 12.0 Å². The Labute approximate surface area is 74.7 Å². The lowest BCUT2D eigenvalue weighted by atomic mass is 10.1. The number of hydrogen-bond acceptors (Lipinski definition) is 2. The minimum atomic E-state index is -0.946. The van der Waals surface area contributed by atoms with E-state index in [2.05, 4.69) is 0 Å². The number of aliphatic hydroxyl groups excluding tert-OH is 1. The molecule has 0 aliphatic rings. The number of benzene rings is 1. The maximum Gasteiger partial charge on any atom is 0.0905 e. The van der Waals surface area contributed by atoms with Gasteiger partial charge in [-0.25, -0.2) is 0 Å². The van der Waals surface area contributed by atoms with Crippen LogP contribution < -0.4 is 0 Å². The summed E-state index contributed by atoms with van der Waals surface area (Å²) in [5.41, 5.74) is 0.827. The third kappa shape index (κ3) is 2.75. The molecule has 1 aromatic rings. The van der Waals surface area contributed by atoms with E-state index in [1.165, 1.54) is 0 Å². The van der Waals surface area contributed by atoms with Crippen LogP contribution in [0, 0.1) is 0 Å². The fourth-order valence-corrected chi connectivity index (χ4v) is 1.63. The lowest BCUT2D eigenvalue weighted by Gasteiger charge is -2.07. The molecule has 0 radical (unpaired) electrons. The van der Waals surface area contributed by atoms with E-state index in [9.17, 15) is 9.32 Å². The summed E-state index contributed by atoms with van der Waals surface area (Å²) in [5.74, 6) is 0.310. The second kappa shape index (κ2) is 4.38. The van der Waals surface area contributed by atoms with Gasteiger partial charge in [-0.15, -0.1) is 0 Å². The molecule has 0 aliphatic carbocycles. The molecule has 0 saturated carbocycles. The van der Waals surface area contributed by atoms with Gasteiger partial charge >= 0.3 is 0 Å².